The van der Waals surface area contributed by atoms with Crippen molar-refractivity contribution in [3.8, 4) is 0 Å². The normalized spacial score (nSPS) is 13.3. The lowest BCUT2D eigenvalue weighted by molar-refractivity contribution is 0.397. The first-order valence-electron chi connectivity index (χ1n) is 7.85. The van der Waals surface area contributed by atoms with E-state index in [1.807, 2.05) is 26.0 Å². The van der Waals surface area contributed by atoms with Gasteiger partial charge in [0.1, 0.15) is 0 Å². The molecule has 1 aromatic rings. The first kappa shape index (κ1) is 19.3. The molecular formula is C17H27NO2S2. The molecule has 0 fully saturated rings. The third kappa shape index (κ3) is 5.45. The quantitative estimate of drug-likeness (QED) is 0.499. The molecule has 0 radical (unpaired) electrons. The molecule has 124 valence electrons. The molecule has 1 rings (SSSR count). The topological polar surface area (TPSA) is 37.4 Å². The van der Waals surface area contributed by atoms with Crippen LogP contribution in [0.5, 0.6) is 0 Å². The Morgan fingerprint density at radius 3 is 2.32 bits per heavy atom. The van der Waals surface area contributed by atoms with Crippen molar-refractivity contribution in [1.29, 1.82) is 0 Å². The Labute approximate surface area is 140 Å². The van der Waals surface area contributed by atoms with Crippen LogP contribution in [0.1, 0.15) is 52.0 Å². The van der Waals surface area contributed by atoms with Crippen molar-refractivity contribution < 1.29 is 8.42 Å². The van der Waals surface area contributed by atoms with Crippen molar-refractivity contribution in [2.75, 3.05) is 7.05 Å². The summed E-state index contributed by atoms with van der Waals surface area (Å²) < 4.78 is 26.6. The molecular weight excluding hydrogens is 314 g/mol. The van der Waals surface area contributed by atoms with Gasteiger partial charge in [0.15, 0.2) is 0 Å². The van der Waals surface area contributed by atoms with Gasteiger partial charge >= 0.3 is 0 Å². The van der Waals surface area contributed by atoms with Gasteiger partial charge in [-0.15, -0.1) is 0 Å². The molecule has 0 bridgehead atoms. The van der Waals surface area contributed by atoms with E-state index < -0.39 is 10.0 Å². The maximum Gasteiger partial charge on any atom is 0.243 e. The highest BCUT2D eigenvalue weighted by atomic mass is 32.2. The standard InChI is InChI=1S/C17H27NO2S2/c1-5-6-7-8-16-9-11-17(12-10-16)22(19,20)18(4)14(2)13-15(3)21/h9-12,14H,5-8,13H2,1-4H3/t14-/m1/s1. The van der Waals surface area contributed by atoms with Gasteiger partial charge in [-0.3, -0.25) is 0 Å². The zero-order chi connectivity index (χ0) is 16.8. The van der Waals surface area contributed by atoms with Crippen LogP contribution in [0.15, 0.2) is 29.2 Å². The van der Waals surface area contributed by atoms with Crippen LogP contribution >= 0.6 is 12.2 Å². The highest BCUT2D eigenvalue weighted by molar-refractivity contribution is 7.89. The molecule has 0 aromatic heterocycles. The van der Waals surface area contributed by atoms with Crippen LogP contribution in [0.4, 0.5) is 0 Å². The van der Waals surface area contributed by atoms with Gasteiger partial charge in [0.25, 0.3) is 0 Å². The van der Waals surface area contributed by atoms with Gasteiger partial charge < -0.3 is 0 Å². The van der Waals surface area contributed by atoms with E-state index in [-0.39, 0.29) is 6.04 Å². The molecule has 0 saturated carbocycles. The molecule has 1 aromatic carbocycles. The van der Waals surface area contributed by atoms with E-state index in [0.717, 1.165) is 17.7 Å². The van der Waals surface area contributed by atoms with Crippen LogP contribution in [-0.2, 0) is 16.4 Å². The second-order valence-electron chi connectivity index (χ2n) is 5.88. The zero-order valence-electron chi connectivity index (χ0n) is 14.0. The Balaban J connectivity index is 2.82. The molecule has 1 atom stereocenters. The maximum absolute atomic E-state index is 12.6. The number of hydrogen-bond donors (Lipinski definition) is 0. The molecule has 0 amide bonds. The van der Waals surface area contributed by atoms with E-state index in [9.17, 15) is 8.42 Å². The Morgan fingerprint density at radius 2 is 1.82 bits per heavy atom. The molecule has 22 heavy (non-hydrogen) atoms. The fourth-order valence-electron chi connectivity index (χ4n) is 2.35. The molecule has 0 heterocycles. The summed E-state index contributed by atoms with van der Waals surface area (Å²) in [6, 6.07) is 7.14. The van der Waals surface area contributed by atoms with Crippen LogP contribution in [-0.4, -0.2) is 30.7 Å². The van der Waals surface area contributed by atoms with E-state index in [1.165, 1.54) is 22.7 Å². The number of nitrogens with zero attached hydrogens (tertiary/aromatic N) is 1. The number of unbranched alkanes of at least 4 members (excludes halogenated alkanes) is 2. The van der Waals surface area contributed by atoms with Crippen LogP contribution in [0.3, 0.4) is 0 Å². The van der Waals surface area contributed by atoms with E-state index in [4.69, 9.17) is 12.2 Å². The first-order chi connectivity index (χ1) is 10.3. The number of aryl methyl sites for hydroxylation is 1. The fourth-order valence-corrected chi connectivity index (χ4v) is 3.96. The van der Waals surface area contributed by atoms with Crippen molar-refractivity contribution in [1.82, 2.24) is 4.31 Å². The minimum absolute atomic E-state index is 0.133. The summed E-state index contributed by atoms with van der Waals surface area (Å²) >= 11 is 5.08. The van der Waals surface area contributed by atoms with E-state index in [0.29, 0.717) is 11.3 Å². The summed E-state index contributed by atoms with van der Waals surface area (Å²) in [5.41, 5.74) is 1.19. The van der Waals surface area contributed by atoms with Gasteiger partial charge in [0.05, 0.1) is 4.90 Å². The molecule has 0 N–H and O–H groups in total. The van der Waals surface area contributed by atoms with Gasteiger partial charge in [-0.25, -0.2) is 8.42 Å². The largest absolute Gasteiger partial charge is 0.243 e. The van der Waals surface area contributed by atoms with E-state index in [1.54, 1.807) is 19.2 Å². The van der Waals surface area contributed by atoms with Crippen LogP contribution in [0.2, 0.25) is 0 Å². The van der Waals surface area contributed by atoms with Crippen molar-refractivity contribution in [2.45, 2.75) is 63.8 Å². The first-order valence-corrected chi connectivity index (χ1v) is 9.70. The lowest BCUT2D eigenvalue weighted by Crippen LogP contribution is -2.36. The van der Waals surface area contributed by atoms with Gasteiger partial charge in [0.2, 0.25) is 10.0 Å². The lowest BCUT2D eigenvalue weighted by atomic mass is 10.1. The molecule has 0 saturated heterocycles. The summed E-state index contributed by atoms with van der Waals surface area (Å²) in [7, 11) is -1.83. The Hall–Kier alpha value is -0.780. The zero-order valence-corrected chi connectivity index (χ0v) is 15.6. The monoisotopic (exact) mass is 341 g/mol. The molecule has 0 unspecified atom stereocenters. The van der Waals surface area contributed by atoms with Crippen LogP contribution < -0.4 is 0 Å². The maximum atomic E-state index is 12.6. The summed E-state index contributed by atoms with van der Waals surface area (Å²) in [5, 5.41) is 0. The minimum Gasteiger partial charge on any atom is -0.207 e. The van der Waals surface area contributed by atoms with Crippen molar-refractivity contribution in [3.05, 3.63) is 29.8 Å². The predicted molar refractivity (Wildman–Crippen MR) is 97.0 cm³/mol. The summed E-state index contributed by atoms with van der Waals surface area (Å²) in [6.45, 7) is 5.90. The van der Waals surface area contributed by atoms with Gasteiger partial charge in [0, 0.05) is 13.1 Å². The highest BCUT2D eigenvalue weighted by Crippen LogP contribution is 2.19. The number of sulfonamides is 1. The van der Waals surface area contributed by atoms with Crippen molar-refractivity contribution >= 4 is 27.1 Å². The molecule has 0 aliphatic rings. The molecule has 5 heteroatoms. The van der Waals surface area contributed by atoms with E-state index >= 15 is 0 Å². The number of rotatable bonds is 9. The summed E-state index contributed by atoms with van der Waals surface area (Å²) in [4.78, 5) is 1.17. The Morgan fingerprint density at radius 1 is 1.23 bits per heavy atom. The average Bonchev–Trinajstić information content (AvgIpc) is 2.46. The molecule has 0 aliphatic heterocycles. The van der Waals surface area contributed by atoms with Crippen LogP contribution in [0, 0.1) is 0 Å². The smallest absolute Gasteiger partial charge is 0.207 e. The lowest BCUT2D eigenvalue weighted by Gasteiger charge is -2.24. The second kappa shape index (κ2) is 8.75. The van der Waals surface area contributed by atoms with Crippen molar-refractivity contribution in [3.63, 3.8) is 0 Å². The van der Waals surface area contributed by atoms with Gasteiger partial charge in [-0.05, 0) is 55.7 Å². The highest BCUT2D eigenvalue weighted by Gasteiger charge is 2.25. The summed E-state index contributed by atoms with van der Waals surface area (Å²) in [6.07, 6.45) is 5.14. The fraction of sp³-hybridized carbons (Fsp3) is 0.588. The summed E-state index contributed by atoms with van der Waals surface area (Å²) in [5.74, 6) is 0. The predicted octanol–water partition coefficient (Wildman–Crippen LogP) is 4.21. The number of hydrogen-bond acceptors (Lipinski definition) is 3. The second-order valence-corrected chi connectivity index (χ2v) is 8.57. The molecule has 0 spiro atoms. The van der Waals surface area contributed by atoms with Gasteiger partial charge in [-0.1, -0.05) is 44.1 Å². The van der Waals surface area contributed by atoms with Crippen molar-refractivity contribution in [2.24, 2.45) is 0 Å². The average molecular weight is 342 g/mol. The number of thiocarbonyl (C=S) groups is 1. The van der Waals surface area contributed by atoms with Gasteiger partial charge in [-0.2, -0.15) is 4.31 Å². The number of benzene rings is 1. The molecule has 0 aliphatic carbocycles. The third-order valence-corrected chi connectivity index (χ3v) is 6.03. The SMILES string of the molecule is CCCCCc1ccc(S(=O)(=O)N(C)[C@H](C)CC(C)=S)cc1. The van der Waals surface area contributed by atoms with Crippen LogP contribution in [0.25, 0.3) is 0 Å². The van der Waals surface area contributed by atoms with E-state index in [2.05, 4.69) is 6.92 Å². The minimum atomic E-state index is -3.45. The Bertz CT molecular complexity index is 579. The third-order valence-electron chi connectivity index (χ3n) is 3.87. The molecule has 3 nitrogen and oxygen atoms in total. The Kier molecular flexibility index (Phi) is 7.66.